The highest BCUT2D eigenvalue weighted by Gasteiger charge is 2.23. The number of oxazole rings is 1. The first kappa shape index (κ1) is 25.3. The molecule has 2 N–H and O–H groups in total. The van der Waals surface area contributed by atoms with Gasteiger partial charge in [0.1, 0.15) is 11.2 Å². The van der Waals surface area contributed by atoms with Crippen LogP contribution in [0.3, 0.4) is 0 Å². The van der Waals surface area contributed by atoms with Crippen LogP contribution in [0, 0.1) is 10.1 Å². The average Bonchev–Trinajstić information content (AvgIpc) is 3.37. The molecule has 194 valence electrons. The van der Waals surface area contributed by atoms with Crippen molar-refractivity contribution < 1.29 is 14.1 Å². The van der Waals surface area contributed by atoms with Crippen LogP contribution < -0.4 is 15.5 Å². The number of piperidine rings is 1. The lowest BCUT2D eigenvalue weighted by Crippen LogP contribution is -2.34. The molecular formula is C28H27N5O4S. The Morgan fingerprint density at radius 1 is 1.11 bits per heavy atom. The molecule has 0 atom stereocenters. The molecule has 1 saturated heterocycles. The molecule has 3 aromatic carbocycles. The fourth-order valence-electron chi connectivity index (χ4n) is 4.60. The third kappa shape index (κ3) is 5.50. The number of rotatable bonds is 6. The highest BCUT2D eigenvalue weighted by atomic mass is 32.1. The predicted octanol–water partition coefficient (Wildman–Crippen LogP) is 6.08. The molecule has 2 heterocycles. The number of anilines is 2. The van der Waals surface area contributed by atoms with E-state index in [1.807, 2.05) is 41.3 Å². The van der Waals surface area contributed by atoms with Gasteiger partial charge in [0.05, 0.1) is 4.92 Å². The number of aryl methyl sites for hydroxylation is 1. The van der Waals surface area contributed by atoms with Gasteiger partial charge in [-0.2, -0.15) is 0 Å². The number of benzene rings is 3. The lowest BCUT2D eigenvalue weighted by Gasteiger charge is -2.28. The summed E-state index contributed by atoms with van der Waals surface area (Å²) in [5, 5.41) is 17.4. The molecule has 5 rings (SSSR count). The van der Waals surface area contributed by atoms with E-state index in [0.717, 1.165) is 49.9 Å². The van der Waals surface area contributed by atoms with E-state index in [9.17, 15) is 14.9 Å². The topological polar surface area (TPSA) is 114 Å². The Morgan fingerprint density at radius 3 is 2.68 bits per heavy atom. The van der Waals surface area contributed by atoms with Crippen molar-refractivity contribution in [1.29, 1.82) is 0 Å². The van der Waals surface area contributed by atoms with Gasteiger partial charge in [-0.1, -0.05) is 19.1 Å². The first-order chi connectivity index (χ1) is 18.4. The molecule has 1 aliphatic heterocycles. The minimum absolute atomic E-state index is 0.0695. The van der Waals surface area contributed by atoms with Crippen LogP contribution in [0.5, 0.6) is 0 Å². The number of nitrogens with one attached hydrogen (secondary N) is 2. The van der Waals surface area contributed by atoms with Gasteiger partial charge in [0.25, 0.3) is 11.6 Å². The first-order valence-corrected chi connectivity index (χ1v) is 13.0. The van der Waals surface area contributed by atoms with E-state index < -0.39 is 10.8 Å². The summed E-state index contributed by atoms with van der Waals surface area (Å²) < 4.78 is 5.92. The molecule has 10 heteroatoms. The maximum Gasteiger partial charge on any atom is 0.293 e. The van der Waals surface area contributed by atoms with Gasteiger partial charge in [0, 0.05) is 36.0 Å². The average molecular weight is 530 g/mol. The highest BCUT2D eigenvalue weighted by Crippen LogP contribution is 2.31. The summed E-state index contributed by atoms with van der Waals surface area (Å²) in [6, 6.07) is 17.8. The van der Waals surface area contributed by atoms with E-state index in [2.05, 4.69) is 22.5 Å². The van der Waals surface area contributed by atoms with Gasteiger partial charge in [0.15, 0.2) is 10.7 Å². The number of hydrogen-bond donors (Lipinski definition) is 2. The maximum absolute atomic E-state index is 12.8. The molecule has 9 nitrogen and oxygen atoms in total. The summed E-state index contributed by atoms with van der Waals surface area (Å²) in [5.41, 5.74) is 4.68. The van der Waals surface area contributed by atoms with Gasteiger partial charge >= 0.3 is 0 Å². The minimum atomic E-state index is -0.530. The molecular weight excluding hydrogens is 502 g/mol. The molecule has 0 aliphatic carbocycles. The molecule has 1 aliphatic rings. The first-order valence-electron chi connectivity index (χ1n) is 12.6. The summed E-state index contributed by atoms with van der Waals surface area (Å²) in [6.45, 7) is 3.62. The fraction of sp³-hybridized carbons (Fsp3) is 0.250. The van der Waals surface area contributed by atoms with Crippen LogP contribution in [0.15, 0.2) is 65.1 Å². The SMILES string of the molecule is CCc1ccc2oc(-c3cccc(NC(=S)NC(=O)c4ccc(N5CCCCC5)c([N+](=O)[O-])c4)c3)nc2c1. The number of nitro benzene ring substituents is 1. The van der Waals surface area contributed by atoms with Crippen molar-refractivity contribution >= 4 is 51.4 Å². The molecule has 0 spiro atoms. The second-order valence-electron chi connectivity index (χ2n) is 9.17. The number of thiocarbonyl (C=S) groups is 1. The largest absolute Gasteiger partial charge is 0.436 e. The number of amides is 1. The van der Waals surface area contributed by atoms with Gasteiger partial charge in [-0.3, -0.25) is 20.2 Å². The van der Waals surface area contributed by atoms with E-state index in [0.29, 0.717) is 22.8 Å². The lowest BCUT2D eigenvalue weighted by atomic mass is 10.1. The molecule has 0 saturated carbocycles. The number of nitrogens with zero attached hydrogens (tertiary/aromatic N) is 3. The number of fused-ring (bicyclic) bond motifs is 1. The van der Waals surface area contributed by atoms with Crippen molar-refractivity contribution in [3.05, 3.63) is 81.9 Å². The lowest BCUT2D eigenvalue weighted by molar-refractivity contribution is -0.384. The Kier molecular flexibility index (Phi) is 7.32. The van der Waals surface area contributed by atoms with Crippen LogP contribution in [0.25, 0.3) is 22.6 Å². The molecule has 4 aromatic rings. The molecule has 0 bridgehead atoms. The molecule has 0 radical (unpaired) electrons. The molecule has 1 aromatic heterocycles. The van der Waals surface area contributed by atoms with E-state index in [1.165, 1.54) is 11.6 Å². The van der Waals surface area contributed by atoms with E-state index in [-0.39, 0.29) is 16.4 Å². The monoisotopic (exact) mass is 529 g/mol. The van der Waals surface area contributed by atoms with Crippen LogP contribution in [-0.2, 0) is 6.42 Å². The van der Waals surface area contributed by atoms with Crippen molar-refractivity contribution in [2.24, 2.45) is 0 Å². The Balaban J connectivity index is 1.28. The van der Waals surface area contributed by atoms with Crippen LogP contribution in [0.2, 0.25) is 0 Å². The zero-order chi connectivity index (χ0) is 26.6. The van der Waals surface area contributed by atoms with E-state index in [4.69, 9.17) is 16.6 Å². The summed E-state index contributed by atoms with van der Waals surface area (Å²) in [6.07, 6.45) is 4.02. The van der Waals surface area contributed by atoms with Crippen molar-refractivity contribution in [1.82, 2.24) is 10.3 Å². The smallest absolute Gasteiger partial charge is 0.293 e. The number of hydrogen-bond acceptors (Lipinski definition) is 7. The van der Waals surface area contributed by atoms with Crippen LogP contribution in [0.4, 0.5) is 17.1 Å². The Labute approximate surface area is 225 Å². The third-order valence-corrected chi connectivity index (χ3v) is 6.79. The van der Waals surface area contributed by atoms with Crippen molar-refractivity contribution in [3.63, 3.8) is 0 Å². The second-order valence-corrected chi connectivity index (χ2v) is 9.58. The van der Waals surface area contributed by atoms with Gasteiger partial charge in [-0.25, -0.2) is 4.98 Å². The van der Waals surface area contributed by atoms with E-state index in [1.54, 1.807) is 18.2 Å². The Hall–Kier alpha value is -4.31. The molecule has 0 unspecified atom stereocenters. The number of carbonyl (C=O) groups excluding carboxylic acids is 1. The van der Waals surface area contributed by atoms with Gasteiger partial charge in [-0.15, -0.1) is 0 Å². The third-order valence-electron chi connectivity index (χ3n) is 6.59. The van der Waals surface area contributed by atoms with Crippen molar-refractivity contribution in [2.45, 2.75) is 32.6 Å². The summed E-state index contributed by atoms with van der Waals surface area (Å²) in [5.74, 6) is -0.0504. The quantitative estimate of drug-likeness (QED) is 0.175. The zero-order valence-electron chi connectivity index (χ0n) is 20.9. The van der Waals surface area contributed by atoms with Crippen molar-refractivity contribution in [3.8, 4) is 11.5 Å². The Bertz CT molecular complexity index is 1530. The van der Waals surface area contributed by atoms with Gasteiger partial charge in [-0.05, 0) is 85.9 Å². The molecule has 38 heavy (non-hydrogen) atoms. The normalized spacial score (nSPS) is 13.3. The standard InChI is InChI=1S/C28H27N5O4S/c1-2-18-9-12-25-22(15-18)30-27(37-25)20-7-6-8-21(16-20)29-28(38)31-26(34)19-10-11-23(24(17-19)33(35)36)32-13-4-3-5-14-32/h6-12,15-17H,2-5,13-14H2,1H3,(H2,29,31,34,38). The zero-order valence-corrected chi connectivity index (χ0v) is 21.7. The van der Waals surface area contributed by atoms with Crippen molar-refractivity contribution in [2.75, 3.05) is 23.3 Å². The van der Waals surface area contributed by atoms with Crippen LogP contribution in [-0.4, -0.2) is 34.0 Å². The van der Waals surface area contributed by atoms with E-state index >= 15 is 0 Å². The Morgan fingerprint density at radius 2 is 1.92 bits per heavy atom. The summed E-state index contributed by atoms with van der Waals surface area (Å²) >= 11 is 5.34. The molecule has 1 amide bonds. The number of carbonyl (C=O) groups is 1. The second kappa shape index (κ2) is 11.0. The minimum Gasteiger partial charge on any atom is -0.436 e. The van der Waals surface area contributed by atoms with Gasteiger partial charge < -0.3 is 14.6 Å². The predicted molar refractivity (Wildman–Crippen MR) is 152 cm³/mol. The number of aromatic nitrogens is 1. The van der Waals surface area contributed by atoms with Crippen LogP contribution in [0.1, 0.15) is 42.1 Å². The number of nitro groups is 1. The van der Waals surface area contributed by atoms with Gasteiger partial charge in [0.2, 0.25) is 5.89 Å². The highest BCUT2D eigenvalue weighted by molar-refractivity contribution is 7.80. The maximum atomic E-state index is 12.8. The fourth-order valence-corrected chi connectivity index (χ4v) is 4.81. The summed E-state index contributed by atoms with van der Waals surface area (Å²) in [4.78, 5) is 30.7. The van der Waals surface area contributed by atoms with Crippen LogP contribution >= 0.6 is 12.2 Å². The molecule has 1 fully saturated rings. The summed E-state index contributed by atoms with van der Waals surface area (Å²) in [7, 11) is 0.